The van der Waals surface area contributed by atoms with E-state index in [0.717, 1.165) is 61.1 Å². The molecule has 7 heteroatoms. The fourth-order valence-electron chi connectivity index (χ4n) is 4.13. The first-order valence-electron chi connectivity index (χ1n) is 10.4. The molecule has 1 aliphatic carbocycles. The molecule has 2 fully saturated rings. The third-order valence-corrected chi connectivity index (χ3v) is 5.92. The van der Waals surface area contributed by atoms with E-state index >= 15 is 0 Å². The number of hydrogen-bond acceptors (Lipinski definition) is 4. The molecule has 1 saturated carbocycles. The molecule has 1 N–H and O–H groups in total. The minimum Gasteiger partial charge on any atom is -0.356 e. The monoisotopic (exact) mass is 383 g/mol. The van der Waals surface area contributed by atoms with Gasteiger partial charge in [0.05, 0.1) is 16.6 Å². The summed E-state index contributed by atoms with van der Waals surface area (Å²) in [4.78, 5) is 32.3. The Bertz CT molecular complexity index is 907. The van der Waals surface area contributed by atoms with E-state index in [1.807, 2.05) is 31.9 Å². The maximum atomic E-state index is 13.4. The molecule has 7 nitrogen and oxygen atoms in total. The third kappa shape index (κ3) is 3.50. The lowest BCUT2D eigenvalue weighted by molar-refractivity contribution is -0.126. The molecule has 0 unspecified atom stereocenters. The summed E-state index contributed by atoms with van der Waals surface area (Å²) in [5.74, 6) is 0.645. The molecular weight excluding hydrogens is 354 g/mol. The van der Waals surface area contributed by atoms with Crippen LogP contribution in [-0.2, 0) is 11.8 Å². The number of nitrogens with one attached hydrogen (secondary N) is 1. The standard InChI is InChI=1S/C21H29N5O2/c1-4-9-22-20(27)15-7-10-26(11-8-15)21(28)16-12-17(14-5-6-14)23-19-18(16)13(2)24-25(19)3/h12,14-15H,4-11H2,1-3H3,(H,22,27). The number of piperidine rings is 1. The lowest BCUT2D eigenvalue weighted by Crippen LogP contribution is -2.43. The Morgan fingerprint density at radius 1 is 1.21 bits per heavy atom. The van der Waals surface area contributed by atoms with Gasteiger partial charge in [-0.2, -0.15) is 5.10 Å². The first-order chi connectivity index (χ1) is 13.5. The Labute approximate surface area is 165 Å². The van der Waals surface area contributed by atoms with Crippen LogP contribution in [0.25, 0.3) is 11.0 Å². The summed E-state index contributed by atoms with van der Waals surface area (Å²) in [6.07, 6.45) is 4.66. The second-order valence-electron chi connectivity index (χ2n) is 8.13. The van der Waals surface area contributed by atoms with E-state index < -0.39 is 0 Å². The van der Waals surface area contributed by atoms with Crippen LogP contribution in [0, 0.1) is 12.8 Å². The van der Waals surface area contributed by atoms with Crippen LogP contribution >= 0.6 is 0 Å². The largest absolute Gasteiger partial charge is 0.356 e. The van der Waals surface area contributed by atoms with Crippen LogP contribution in [0.3, 0.4) is 0 Å². The van der Waals surface area contributed by atoms with E-state index in [-0.39, 0.29) is 17.7 Å². The second kappa shape index (κ2) is 7.53. The van der Waals surface area contributed by atoms with Crippen molar-refractivity contribution in [2.45, 2.75) is 51.9 Å². The van der Waals surface area contributed by atoms with E-state index in [0.29, 0.717) is 24.6 Å². The van der Waals surface area contributed by atoms with Crippen LogP contribution in [0.15, 0.2) is 6.07 Å². The highest BCUT2D eigenvalue weighted by molar-refractivity contribution is 6.06. The molecule has 4 rings (SSSR count). The highest BCUT2D eigenvalue weighted by Crippen LogP contribution is 2.40. The highest BCUT2D eigenvalue weighted by Gasteiger charge is 2.32. The molecule has 2 aromatic rings. The summed E-state index contributed by atoms with van der Waals surface area (Å²) in [6, 6.07) is 1.98. The molecule has 28 heavy (non-hydrogen) atoms. The summed E-state index contributed by atoms with van der Waals surface area (Å²) in [5.41, 5.74) is 3.35. The minimum atomic E-state index is 0.00946. The molecule has 2 amide bonds. The molecule has 1 aliphatic heterocycles. The zero-order chi connectivity index (χ0) is 19.8. The predicted molar refractivity (Wildman–Crippen MR) is 107 cm³/mol. The van der Waals surface area contributed by atoms with Crippen molar-refractivity contribution in [3.8, 4) is 0 Å². The van der Waals surface area contributed by atoms with Gasteiger partial charge in [-0.3, -0.25) is 14.3 Å². The van der Waals surface area contributed by atoms with Crippen molar-refractivity contribution in [3.63, 3.8) is 0 Å². The van der Waals surface area contributed by atoms with E-state index in [9.17, 15) is 9.59 Å². The number of aryl methyl sites for hydroxylation is 2. The quantitative estimate of drug-likeness (QED) is 0.860. The van der Waals surface area contributed by atoms with E-state index in [4.69, 9.17) is 4.98 Å². The number of aromatic nitrogens is 3. The topological polar surface area (TPSA) is 80.1 Å². The SMILES string of the molecule is CCCNC(=O)C1CCN(C(=O)c2cc(C3CC3)nc3c2c(C)nn3C)CC1. The number of likely N-dealkylation sites (tertiary alicyclic amines) is 1. The van der Waals surface area contributed by atoms with Gasteiger partial charge < -0.3 is 10.2 Å². The molecule has 0 radical (unpaired) electrons. The van der Waals surface area contributed by atoms with Gasteiger partial charge in [0.15, 0.2) is 5.65 Å². The first kappa shape index (κ1) is 18.9. The van der Waals surface area contributed by atoms with Gasteiger partial charge >= 0.3 is 0 Å². The zero-order valence-corrected chi connectivity index (χ0v) is 17.0. The summed E-state index contributed by atoms with van der Waals surface area (Å²) >= 11 is 0. The molecule has 150 valence electrons. The zero-order valence-electron chi connectivity index (χ0n) is 17.0. The van der Waals surface area contributed by atoms with Crippen molar-refractivity contribution in [3.05, 3.63) is 23.0 Å². The number of nitrogens with zero attached hydrogens (tertiary/aromatic N) is 4. The fraction of sp³-hybridized carbons (Fsp3) is 0.619. The number of hydrogen-bond donors (Lipinski definition) is 1. The van der Waals surface area contributed by atoms with Gasteiger partial charge in [-0.05, 0) is 45.1 Å². The lowest BCUT2D eigenvalue weighted by atomic mass is 9.95. The molecule has 0 spiro atoms. The van der Waals surface area contributed by atoms with Crippen molar-refractivity contribution in [2.24, 2.45) is 13.0 Å². The molecule has 0 bridgehead atoms. The second-order valence-corrected chi connectivity index (χ2v) is 8.13. The summed E-state index contributed by atoms with van der Waals surface area (Å²) < 4.78 is 1.78. The van der Waals surface area contributed by atoms with E-state index in [2.05, 4.69) is 10.4 Å². The Morgan fingerprint density at radius 2 is 1.93 bits per heavy atom. The molecular formula is C21H29N5O2. The van der Waals surface area contributed by atoms with Gasteiger partial charge in [-0.15, -0.1) is 0 Å². The van der Waals surface area contributed by atoms with Gasteiger partial charge in [0.25, 0.3) is 5.91 Å². The van der Waals surface area contributed by atoms with Crippen molar-refractivity contribution >= 4 is 22.8 Å². The van der Waals surface area contributed by atoms with Crippen LogP contribution in [0.4, 0.5) is 0 Å². The Kier molecular flexibility index (Phi) is 5.08. The van der Waals surface area contributed by atoms with Gasteiger partial charge in [0.2, 0.25) is 5.91 Å². The third-order valence-electron chi connectivity index (χ3n) is 5.92. The van der Waals surface area contributed by atoms with Crippen molar-refractivity contribution in [1.29, 1.82) is 0 Å². The summed E-state index contributed by atoms with van der Waals surface area (Å²) in [6.45, 7) is 5.93. The Morgan fingerprint density at radius 3 is 2.57 bits per heavy atom. The number of pyridine rings is 1. The summed E-state index contributed by atoms with van der Waals surface area (Å²) in [5, 5.41) is 8.33. The molecule has 3 heterocycles. The van der Waals surface area contributed by atoms with E-state index in [1.165, 1.54) is 0 Å². The number of carbonyl (C=O) groups excluding carboxylic acids is 2. The van der Waals surface area contributed by atoms with E-state index in [1.54, 1.807) is 4.68 Å². The molecule has 2 aromatic heterocycles. The van der Waals surface area contributed by atoms with Crippen LogP contribution in [0.2, 0.25) is 0 Å². The summed E-state index contributed by atoms with van der Waals surface area (Å²) in [7, 11) is 1.88. The maximum absolute atomic E-state index is 13.4. The van der Waals surface area contributed by atoms with Crippen LogP contribution in [-0.4, -0.2) is 51.1 Å². The molecule has 0 aromatic carbocycles. The molecule has 2 aliphatic rings. The Hall–Kier alpha value is -2.44. The lowest BCUT2D eigenvalue weighted by Gasteiger charge is -2.31. The number of carbonyl (C=O) groups is 2. The van der Waals surface area contributed by atoms with Crippen molar-refractivity contribution in [1.82, 2.24) is 25.0 Å². The molecule has 0 atom stereocenters. The number of fused-ring (bicyclic) bond motifs is 1. The predicted octanol–water partition coefficient (Wildman–Crippen LogP) is 2.53. The van der Waals surface area contributed by atoms with Crippen LogP contribution in [0.1, 0.15) is 66.7 Å². The maximum Gasteiger partial charge on any atom is 0.254 e. The normalized spacial score (nSPS) is 17.9. The average Bonchev–Trinajstić information content (AvgIpc) is 3.51. The number of rotatable bonds is 5. The van der Waals surface area contributed by atoms with Gasteiger partial charge in [0.1, 0.15) is 0 Å². The number of amides is 2. The Balaban J connectivity index is 1.55. The van der Waals surface area contributed by atoms with Gasteiger partial charge in [-0.25, -0.2) is 4.98 Å². The van der Waals surface area contributed by atoms with Crippen molar-refractivity contribution in [2.75, 3.05) is 19.6 Å². The molecule has 1 saturated heterocycles. The minimum absolute atomic E-state index is 0.00946. The highest BCUT2D eigenvalue weighted by atomic mass is 16.2. The average molecular weight is 383 g/mol. The van der Waals surface area contributed by atoms with Crippen LogP contribution < -0.4 is 5.32 Å². The fourth-order valence-corrected chi connectivity index (χ4v) is 4.13. The van der Waals surface area contributed by atoms with Gasteiger partial charge in [-0.1, -0.05) is 6.92 Å². The van der Waals surface area contributed by atoms with Crippen molar-refractivity contribution < 1.29 is 9.59 Å². The smallest absolute Gasteiger partial charge is 0.254 e. The van der Waals surface area contributed by atoms with Gasteiger partial charge in [0, 0.05) is 44.2 Å². The van der Waals surface area contributed by atoms with Crippen LogP contribution in [0.5, 0.6) is 0 Å². The first-order valence-corrected chi connectivity index (χ1v) is 10.4.